The van der Waals surface area contributed by atoms with E-state index in [1.165, 1.54) is 34.9 Å². The number of aromatic nitrogens is 2. The molecule has 10 nitrogen and oxygen atoms in total. The molecule has 2 aromatic carbocycles. The summed E-state index contributed by atoms with van der Waals surface area (Å²) in [4.78, 5) is 26.1. The Balaban J connectivity index is 1.18. The van der Waals surface area contributed by atoms with E-state index < -0.39 is 11.4 Å². The van der Waals surface area contributed by atoms with Gasteiger partial charge in [0, 0.05) is 35.4 Å². The Bertz CT molecular complexity index is 1330. The zero-order valence-electron chi connectivity index (χ0n) is 21.2. The summed E-state index contributed by atoms with van der Waals surface area (Å²) in [5.74, 6) is -0.693. The number of rotatable bonds is 8. The predicted octanol–water partition coefficient (Wildman–Crippen LogP) is 3.63. The molecular formula is C26H26N6O4S3. The summed E-state index contributed by atoms with van der Waals surface area (Å²) in [6, 6.07) is 18.0. The molecule has 3 aromatic rings. The number of nitrogens with zero attached hydrogens (tertiary/aromatic N) is 6. The van der Waals surface area contributed by atoms with Crippen molar-refractivity contribution >= 4 is 58.1 Å². The monoisotopic (exact) mass is 582 g/mol. The maximum atomic E-state index is 13.0. The van der Waals surface area contributed by atoms with Crippen LogP contribution in [-0.2, 0) is 21.0 Å². The van der Waals surface area contributed by atoms with Gasteiger partial charge >= 0.3 is 0 Å². The normalized spacial score (nSPS) is 22.7. The zero-order valence-corrected chi connectivity index (χ0v) is 23.7. The van der Waals surface area contributed by atoms with Crippen LogP contribution in [0.2, 0.25) is 0 Å². The second kappa shape index (κ2) is 11.2. The van der Waals surface area contributed by atoms with Crippen molar-refractivity contribution in [2.75, 3.05) is 11.5 Å². The number of carbonyl (C=O) groups excluding carboxylic acids is 2. The second-order valence-electron chi connectivity index (χ2n) is 9.21. The minimum atomic E-state index is -1.52. The van der Waals surface area contributed by atoms with Crippen molar-refractivity contribution in [2.24, 2.45) is 10.2 Å². The van der Waals surface area contributed by atoms with Gasteiger partial charge in [-0.3, -0.25) is 9.59 Å². The van der Waals surface area contributed by atoms with Crippen molar-refractivity contribution < 1.29 is 19.8 Å². The highest BCUT2D eigenvalue weighted by atomic mass is 32.2. The van der Waals surface area contributed by atoms with Gasteiger partial charge in [0.1, 0.15) is 0 Å². The predicted molar refractivity (Wildman–Crippen MR) is 151 cm³/mol. The third-order valence-corrected chi connectivity index (χ3v) is 9.38. The van der Waals surface area contributed by atoms with Crippen LogP contribution in [0.1, 0.15) is 37.8 Å². The van der Waals surface area contributed by atoms with Gasteiger partial charge in [-0.25, -0.2) is 0 Å². The van der Waals surface area contributed by atoms with Crippen molar-refractivity contribution in [3.63, 3.8) is 0 Å². The Morgan fingerprint density at radius 3 is 1.54 bits per heavy atom. The summed E-state index contributed by atoms with van der Waals surface area (Å²) in [7, 11) is 0. The SMILES string of the molecule is CC1=NN(C(=O)CSc2nnc(SCC(=O)N3N=C(C)C[C@]3(O)c3ccccc3)s2)[C@@](O)(c2ccccc2)C1. The van der Waals surface area contributed by atoms with Crippen LogP contribution in [0.4, 0.5) is 0 Å². The summed E-state index contributed by atoms with van der Waals surface area (Å²) in [6.07, 6.45) is 0.474. The van der Waals surface area contributed by atoms with Gasteiger partial charge in [-0.15, -0.1) is 10.2 Å². The molecule has 0 saturated heterocycles. The molecule has 2 aliphatic rings. The smallest absolute Gasteiger partial charge is 0.256 e. The van der Waals surface area contributed by atoms with Crippen molar-refractivity contribution in [3.8, 4) is 0 Å². The van der Waals surface area contributed by atoms with Gasteiger partial charge in [-0.05, 0) is 13.8 Å². The molecule has 0 unspecified atom stereocenters. The summed E-state index contributed by atoms with van der Waals surface area (Å²) in [6.45, 7) is 3.55. The molecule has 202 valence electrons. The number of hydrogen-bond acceptors (Lipinski definition) is 11. The number of carbonyl (C=O) groups is 2. The summed E-state index contributed by atoms with van der Waals surface area (Å²) >= 11 is 3.65. The van der Waals surface area contributed by atoms with Crippen LogP contribution in [-0.4, -0.2) is 65.2 Å². The second-order valence-corrected chi connectivity index (χ2v) is 12.6. The van der Waals surface area contributed by atoms with Gasteiger partial charge in [0.05, 0.1) is 11.5 Å². The van der Waals surface area contributed by atoms with E-state index in [-0.39, 0.29) is 36.2 Å². The number of hydrazone groups is 2. The number of amides is 2. The first-order chi connectivity index (χ1) is 18.7. The minimum absolute atomic E-state index is 0.00995. The van der Waals surface area contributed by atoms with E-state index in [2.05, 4.69) is 20.4 Å². The highest BCUT2D eigenvalue weighted by molar-refractivity contribution is 8.03. The van der Waals surface area contributed by atoms with E-state index >= 15 is 0 Å². The molecule has 2 atom stereocenters. The topological polar surface area (TPSA) is 132 Å². The summed E-state index contributed by atoms with van der Waals surface area (Å²) in [5.41, 5.74) is -0.529. The average molecular weight is 583 g/mol. The first-order valence-electron chi connectivity index (χ1n) is 12.1. The fourth-order valence-corrected chi connectivity index (χ4v) is 7.21. The van der Waals surface area contributed by atoms with Crippen LogP contribution in [0.15, 0.2) is 79.5 Å². The molecule has 2 N–H and O–H groups in total. The molecular weight excluding hydrogens is 557 g/mol. The molecule has 1 aromatic heterocycles. The van der Waals surface area contributed by atoms with Gasteiger partial charge in [0.15, 0.2) is 20.1 Å². The highest BCUT2D eigenvalue weighted by Crippen LogP contribution is 2.38. The number of hydrogen-bond donors (Lipinski definition) is 2. The van der Waals surface area contributed by atoms with Crippen molar-refractivity contribution in [1.29, 1.82) is 0 Å². The number of benzene rings is 2. The quantitative estimate of drug-likeness (QED) is 0.385. The molecule has 2 amide bonds. The van der Waals surface area contributed by atoms with E-state index in [0.717, 1.165) is 10.0 Å². The lowest BCUT2D eigenvalue weighted by molar-refractivity contribution is -0.155. The average Bonchev–Trinajstić information content (AvgIpc) is 3.62. The van der Waals surface area contributed by atoms with E-state index in [0.29, 0.717) is 31.2 Å². The number of aliphatic hydroxyl groups is 2. The molecule has 2 aliphatic heterocycles. The van der Waals surface area contributed by atoms with Crippen molar-refractivity contribution in [1.82, 2.24) is 20.2 Å². The standard InChI is InChI=1S/C26H26N6O4S3/c1-17-13-25(35,19-9-5-3-6-10-19)31(29-17)21(33)15-37-23-27-28-24(39-23)38-16-22(34)32-26(36,14-18(2)30-32)20-11-7-4-8-12-20/h3-12,35-36H,13-16H2,1-2H3/t25-,26-/m0/s1. The molecule has 13 heteroatoms. The molecule has 5 rings (SSSR count). The number of thioether (sulfide) groups is 2. The van der Waals surface area contributed by atoms with Crippen LogP contribution in [0.25, 0.3) is 0 Å². The molecule has 39 heavy (non-hydrogen) atoms. The zero-order chi connectivity index (χ0) is 27.6. The maximum Gasteiger partial charge on any atom is 0.256 e. The van der Waals surface area contributed by atoms with E-state index in [1.807, 2.05) is 36.4 Å². The van der Waals surface area contributed by atoms with Gasteiger partial charge in [0.25, 0.3) is 11.8 Å². The maximum absolute atomic E-state index is 13.0. The molecule has 0 radical (unpaired) electrons. The van der Waals surface area contributed by atoms with E-state index in [9.17, 15) is 19.8 Å². The Labute approximate surface area is 237 Å². The lowest BCUT2D eigenvalue weighted by Crippen LogP contribution is -2.44. The summed E-state index contributed by atoms with van der Waals surface area (Å²) in [5, 5.41) is 41.7. The lowest BCUT2D eigenvalue weighted by atomic mass is 9.98. The highest BCUT2D eigenvalue weighted by Gasteiger charge is 2.45. The van der Waals surface area contributed by atoms with Crippen molar-refractivity contribution in [3.05, 3.63) is 71.8 Å². The van der Waals surface area contributed by atoms with Crippen LogP contribution >= 0.6 is 34.9 Å². The van der Waals surface area contributed by atoms with Gasteiger partial charge in [0.2, 0.25) is 0 Å². The van der Waals surface area contributed by atoms with Crippen LogP contribution < -0.4 is 0 Å². The largest absolute Gasteiger partial charge is 0.365 e. The van der Waals surface area contributed by atoms with E-state index in [1.54, 1.807) is 38.1 Å². The summed E-state index contributed by atoms with van der Waals surface area (Å²) < 4.78 is 1.11. The van der Waals surface area contributed by atoms with E-state index in [4.69, 9.17) is 0 Å². The Morgan fingerprint density at radius 2 is 1.15 bits per heavy atom. The third kappa shape index (κ3) is 5.63. The molecule has 0 fully saturated rings. The first kappa shape index (κ1) is 27.5. The Hall–Kier alpha value is -3.10. The first-order valence-corrected chi connectivity index (χ1v) is 14.9. The Morgan fingerprint density at radius 1 is 0.769 bits per heavy atom. The molecule has 0 aliphatic carbocycles. The van der Waals surface area contributed by atoms with Crippen molar-refractivity contribution in [2.45, 2.75) is 46.8 Å². The Kier molecular flexibility index (Phi) is 7.87. The van der Waals surface area contributed by atoms with Crippen LogP contribution in [0.3, 0.4) is 0 Å². The van der Waals surface area contributed by atoms with Gasteiger partial charge in [-0.1, -0.05) is 95.5 Å². The molecule has 0 spiro atoms. The molecule has 0 bridgehead atoms. The van der Waals surface area contributed by atoms with Crippen LogP contribution in [0, 0.1) is 0 Å². The van der Waals surface area contributed by atoms with Gasteiger partial charge < -0.3 is 10.2 Å². The van der Waals surface area contributed by atoms with Crippen LogP contribution in [0.5, 0.6) is 0 Å². The minimum Gasteiger partial charge on any atom is -0.365 e. The fourth-order valence-electron chi connectivity index (χ4n) is 4.51. The van der Waals surface area contributed by atoms with Gasteiger partial charge in [-0.2, -0.15) is 20.2 Å². The fraction of sp³-hybridized carbons (Fsp3) is 0.308. The third-order valence-electron chi connectivity index (χ3n) is 6.22. The molecule has 0 saturated carbocycles. The lowest BCUT2D eigenvalue weighted by Gasteiger charge is -2.31. The molecule has 3 heterocycles.